The number of rotatable bonds is 4. The Hall–Kier alpha value is -0.390. The van der Waals surface area contributed by atoms with Crippen molar-refractivity contribution in [3.05, 3.63) is 28.2 Å². The van der Waals surface area contributed by atoms with Gasteiger partial charge in [0.2, 0.25) is 10.0 Å². The van der Waals surface area contributed by atoms with Gasteiger partial charge in [0.05, 0.1) is 4.90 Å². The molecule has 0 unspecified atom stereocenters. The molecule has 0 amide bonds. The number of aryl methyl sites for hydroxylation is 1. The minimum Gasteiger partial charge on any atom is -0.207 e. The topological polar surface area (TPSA) is 46.2 Å². The summed E-state index contributed by atoms with van der Waals surface area (Å²) in [6, 6.07) is 5.25. The van der Waals surface area contributed by atoms with Crippen LogP contribution in [0.2, 0.25) is 0 Å². The highest BCUT2D eigenvalue weighted by molar-refractivity contribution is 9.10. The van der Waals surface area contributed by atoms with Gasteiger partial charge >= 0.3 is 0 Å². The van der Waals surface area contributed by atoms with E-state index in [9.17, 15) is 8.42 Å². The van der Waals surface area contributed by atoms with Crippen molar-refractivity contribution in [2.45, 2.75) is 58.4 Å². The smallest absolute Gasteiger partial charge is 0.207 e. The highest BCUT2D eigenvalue weighted by Gasteiger charge is 2.31. The van der Waals surface area contributed by atoms with Crippen LogP contribution in [0.1, 0.15) is 46.6 Å². The van der Waals surface area contributed by atoms with Gasteiger partial charge in [-0.3, -0.25) is 0 Å². The third-order valence-electron chi connectivity index (χ3n) is 2.76. The zero-order chi connectivity index (χ0) is 15.8. The Balaban J connectivity index is 3.06. The Morgan fingerprint density at radius 1 is 1.15 bits per heavy atom. The molecule has 1 N–H and O–H groups in total. The van der Waals surface area contributed by atoms with E-state index in [1.807, 2.05) is 26.8 Å². The van der Waals surface area contributed by atoms with Crippen LogP contribution in [0.25, 0.3) is 0 Å². The predicted octanol–water partition coefficient (Wildman–Crippen LogP) is 4.25. The van der Waals surface area contributed by atoms with Crippen LogP contribution in [0.3, 0.4) is 0 Å². The molecule has 0 aliphatic rings. The summed E-state index contributed by atoms with van der Waals surface area (Å²) in [5.74, 6) is 0. The Kier molecular flexibility index (Phi) is 5.10. The van der Waals surface area contributed by atoms with Crippen molar-refractivity contribution in [1.82, 2.24) is 4.72 Å². The van der Waals surface area contributed by atoms with Gasteiger partial charge in [-0.2, -0.15) is 0 Å². The van der Waals surface area contributed by atoms with Gasteiger partial charge < -0.3 is 0 Å². The van der Waals surface area contributed by atoms with E-state index in [0.29, 0.717) is 4.47 Å². The number of nitrogens with one attached hydrogen (secondary N) is 1. The van der Waals surface area contributed by atoms with Gasteiger partial charge in [0, 0.05) is 10.0 Å². The van der Waals surface area contributed by atoms with Gasteiger partial charge in [0.1, 0.15) is 0 Å². The van der Waals surface area contributed by atoms with E-state index in [1.54, 1.807) is 12.1 Å². The summed E-state index contributed by atoms with van der Waals surface area (Å²) in [6.45, 7) is 12.1. The molecule has 20 heavy (non-hydrogen) atoms. The molecule has 1 aromatic rings. The van der Waals surface area contributed by atoms with Gasteiger partial charge in [0.25, 0.3) is 0 Å². The van der Waals surface area contributed by atoms with Crippen molar-refractivity contribution >= 4 is 26.0 Å². The first-order valence-corrected chi connectivity index (χ1v) is 8.90. The second-order valence-electron chi connectivity index (χ2n) is 7.16. The van der Waals surface area contributed by atoms with Gasteiger partial charge in [-0.05, 0) is 66.2 Å². The first-order valence-electron chi connectivity index (χ1n) is 6.63. The monoisotopic (exact) mass is 361 g/mol. The molecule has 0 bridgehead atoms. The third kappa shape index (κ3) is 5.19. The fourth-order valence-corrected chi connectivity index (χ4v) is 5.21. The van der Waals surface area contributed by atoms with Crippen molar-refractivity contribution < 1.29 is 8.42 Å². The molecule has 0 spiro atoms. The molecule has 0 fully saturated rings. The molecule has 0 saturated heterocycles. The Labute approximate surface area is 131 Å². The summed E-state index contributed by atoms with van der Waals surface area (Å²) in [7, 11) is -3.53. The summed E-state index contributed by atoms with van der Waals surface area (Å²) in [6.07, 6.45) is 0.753. The lowest BCUT2D eigenvalue weighted by Crippen LogP contribution is -2.45. The lowest BCUT2D eigenvalue weighted by atomic mass is 9.82. The fraction of sp³-hybridized carbons (Fsp3) is 0.600. The van der Waals surface area contributed by atoms with Gasteiger partial charge in [-0.15, -0.1) is 0 Å². The van der Waals surface area contributed by atoms with Crippen LogP contribution in [0.15, 0.2) is 27.6 Å². The Morgan fingerprint density at radius 2 is 1.70 bits per heavy atom. The molecular weight excluding hydrogens is 338 g/mol. The van der Waals surface area contributed by atoms with Gasteiger partial charge in [-0.1, -0.05) is 26.8 Å². The molecule has 0 aromatic heterocycles. The van der Waals surface area contributed by atoms with Crippen LogP contribution in [0, 0.1) is 12.3 Å². The number of hydrogen-bond donors (Lipinski definition) is 1. The van der Waals surface area contributed by atoms with Gasteiger partial charge in [-0.25, -0.2) is 13.1 Å². The molecule has 0 aliphatic heterocycles. The molecule has 3 nitrogen and oxygen atoms in total. The van der Waals surface area contributed by atoms with E-state index >= 15 is 0 Å². The highest BCUT2D eigenvalue weighted by Crippen LogP contribution is 2.29. The molecule has 1 rings (SSSR count). The largest absolute Gasteiger partial charge is 0.242 e. The summed E-state index contributed by atoms with van der Waals surface area (Å²) in [5.41, 5.74) is 0.572. The standard InChI is InChI=1S/C15H24BrNO2S/c1-11-7-8-13(12(16)9-11)20(18,19)17-15(5,6)10-14(2,3)4/h7-9,17H,10H2,1-6H3. The predicted molar refractivity (Wildman–Crippen MR) is 87.4 cm³/mol. The number of benzene rings is 1. The highest BCUT2D eigenvalue weighted by atomic mass is 79.9. The molecule has 0 aliphatic carbocycles. The van der Waals surface area contributed by atoms with Crippen molar-refractivity contribution in [1.29, 1.82) is 0 Å². The lowest BCUT2D eigenvalue weighted by Gasteiger charge is -2.33. The Bertz CT molecular complexity index is 586. The zero-order valence-corrected chi connectivity index (χ0v) is 15.4. The molecular formula is C15H24BrNO2S. The number of halogens is 1. The number of hydrogen-bond acceptors (Lipinski definition) is 2. The van der Waals surface area contributed by atoms with E-state index in [2.05, 4.69) is 41.4 Å². The van der Waals surface area contributed by atoms with Crippen molar-refractivity contribution in [2.75, 3.05) is 0 Å². The van der Waals surface area contributed by atoms with Crippen LogP contribution >= 0.6 is 15.9 Å². The quantitative estimate of drug-likeness (QED) is 0.870. The van der Waals surface area contributed by atoms with Crippen molar-refractivity contribution in [2.24, 2.45) is 5.41 Å². The van der Waals surface area contributed by atoms with Crippen LogP contribution in [-0.2, 0) is 10.0 Å². The molecule has 5 heteroatoms. The molecule has 0 saturated carbocycles. The molecule has 0 radical (unpaired) electrons. The van der Waals surface area contributed by atoms with Crippen molar-refractivity contribution in [3.8, 4) is 0 Å². The second kappa shape index (κ2) is 5.78. The van der Waals surface area contributed by atoms with E-state index in [1.165, 1.54) is 0 Å². The Morgan fingerprint density at radius 3 is 2.15 bits per heavy atom. The molecule has 114 valence electrons. The molecule has 1 aromatic carbocycles. The minimum atomic E-state index is -3.53. The maximum Gasteiger partial charge on any atom is 0.242 e. The maximum atomic E-state index is 12.5. The van der Waals surface area contributed by atoms with Crippen LogP contribution in [0.4, 0.5) is 0 Å². The van der Waals surface area contributed by atoms with Crippen LogP contribution in [-0.4, -0.2) is 14.0 Å². The van der Waals surface area contributed by atoms with E-state index in [4.69, 9.17) is 0 Å². The second-order valence-corrected chi connectivity index (χ2v) is 9.67. The van der Waals surface area contributed by atoms with Crippen LogP contribution < -0.4 is 4.72 Å². The first-order chi connectivity index (χ1) is 8.82. The van der Waals surface area contributed by atoms with E-state index in [0.717, 1.165) is 12.0 Å². The van der Waals surface area contributed by atoms with E-state index < -0.39 is 15.6 Å². The normalized spacial score (nSPS) is 13.6. The fourth-order valence-electron chi connectivity index (χ4n) is 2.60. The van der Waals surface area contributed by atoms with E-state index in [-0.39, 0.29) is 10.3 Å². The average Bonchev–Trinajstić information content (AvgIpc) is 2.09. The summed E-state index contributed by atoms with van der Waals surface area (Å²) in [4.78, 5) is 0.282. The minimum absolute atomic E-state index is 0.0521. The van der Waals surface area contributed by atoms with Crippen molar-refractivity contribution in [3.63, 3.8) is 0 Å². The number of sulfonamides is 1. The SMILES string of the molecule is Cc1ccc(S(=O)(=O)NC(C)(C)CC(C)(C)C)c(Br)c1. The maximum absolute atomic E-state index is 12.5. The summed E-state index contributed by atoms with van der Waals surface area (Å²) < 4.78 is 28.5. The van der Waals surface area contributed by atoms with Gasteiger partial charge in [0.15, 0.2) is 0 Å². The summed E-state index contributed by atoms with van der Waals surface area (Å²) in [5, 5.41) is 0. The van der Waals surface area contributed by atoms with Crippen LogP contribution in [0.5, 0.6) is 0 Å². The lowest BCUT2D eigenvalue weighted by molar-refractivity contribution is 0.269. The zero-order valence-electron chi connectivity index (χ0n) is 13.0. The summed E-state index contributed by atoms with van der Waals surface area (Å²) >= 11 is 3.33. The first kappa shape index (κ1) is 17.7. The average molecular weight is 362 g/mol. The third-order valence-corrected chi connectivity index (χ3v) is 5.43. The molecule has 0 atom stereocenters. The molecule has 0 heterocycles.